The second kappa shape index (κ2) is 6.96. The minimum Gasteiger partial charge on any atom is -0.388 e. The van der Waals surface area contributed by atoms with Crippen LogP contribution in [-0.2, 0) is 17.6 Å². The number of hydrogen-bond acceptors (Lipinski definition) is 2. The lowest BCUT2D eigenvalue weighted by Crippen LogP contribution is -2.09. The van der Waals surface area contributed by atoms with Crippen LogP contribution in [0.4, 0.5) is 8.78 Å². The van der Waals surface area contributed by atoms with Crippen molar-refractivity contribution in [1.29, 1.82) is 0 Å². The average Bonchev–Trinajstić information content (AvgIpc) is 2.42. The van der Waals surface area contributed by atoms with Crippen LogP contribution >= 0.6 is 0 Å². The summed E-state index contributed by atoms with van der Waals surface area (Å²) < 4.78 is 28.6. The Hall–Kier alpha value is -1.00. The van der Waals surface area contributed by atoms with Gasteiger partial charge in [0.1, 0.15) is 6.61 Å². The molecular formula is C15H20F2O2. The summed E-state index contributed by atoms with van der Waals surface area (Å²) in [5.74, 6) is 0. The second-order valence-corrected chi connectivity index (χ2v) is 5.01. The minimum atomic E-state index is -2.44. The summed E-state index contributed by atoms with van der Waals surface area (Å²) >= 11 is 0. The standard InChI is InChI=1S/C15H20F2O2/c16-15(17)10-19-8-7-14(18)13-6-5-11-3-1-2-4-12(11)9-13/h5-6,9,14-15,18H,1-4,7-8,10H2. The molecule has 1 aromatic carbocycles. The van der Waals surface area contributed by atoms with Gasteiger partial charge in [-0.2, -0.15) is 0 Å². The number of aliphatic hydroxyl groups is 1. The van der Waals surface area contributed by atoms with Crippen LogP contribution in [-0.4, -0.2) is 24.7 Å². The molecule has 19 heavy (non-hydrogen) atoms. The van der Waals surface area contributed by atoms with E-state index in [1.807, 2.05) is 12.1 Å². The number of ether oxygens (including phenoxy) is 1. The summed E-state index contributed by atoms with van der Waals surface area (Å²) in [6.07, 6.45) is 1.89. The van der Waals surface area contributed by atoms with Crippen molar-refractivity contribution in [2.75, 3.05) is 13.2 Å². The highest BCUT2D eigenvalue weighted by atomic mass is 19.3. The number of alkyl halides is 2. The highest BCUT2D eigenvalue weighted by Gasteiger charge is 2.13. The highest BCUT2D eigenvalue weighted by Crippen LogP contribution is 2.25. The van der Waals surface area contributed by atoms with Crippen LogP contribution in [0.25, 0.3) is 0 Å². The van der Waals surface area contributed by atoms with Crippen molar-refractivity contribution < 1.29 is 18.6 Å². The van der Waals surface area contributed by atoms with Crippen LogP contribution in [0.15, 0.2) is 18.2 Å². The molecule has 0 bridgehead atoms. The first-order chi connectivity index (χ1) is 9.16. The van der Waals surface area contributed by atoms with Gasteiger partial charge in [0.2, 0.25) is 0 Å². The quantitative estimate of drug-likeness (QED) is 0.804. The van der Waals surface area contributed by atoms with Crippen LogP contribution in [0.3, 0.4) is 0 Å². The number of fused-ring (bicyclic) bond motifs is 1. The van der Waals surface area contributed by atoms with E-state index >= 15 is 0 Å². The van der Waals surface area contributed by atoms with Crippen LogP contribution in [0.1, 0.15) is 42.1 Å². The fourth-order valence-electron chi connectivity index (χ4n) is 2.49. The van der Waals surface area contributed by atoms with Gasteiger partial charge in [0, 0.05) is 13.0 Å². The average molecular weight is 270 g/mol. The first-order valence-electron chi connectivity index (χ1n) is 6.82. The summed E-state index contributed by atoms with van der Waals surface area (Å²) in [6.45, 7) is -0.403. The Morgan fingerprint density at radius 2 is 1.89 bits per heavy atom. The summed E-state index contributed by atoms with van der Waals surface area (Å²) in [6, 6.07) is 6.06. The summed E-state index contributed by atoms with van der Waals surface area (Å²) in [4.78, 5) is 0. The number of halogens is 2. The Morgan fingerprint density at radius 3 is 2.63 bits per heavy atom. The number of benzene rings is 1. The fraction of sp³-hybridized carbons (Fsp3) is 0.600. The van der Waals surface area contributed by atoms with Crippen molar-refractivity contribution in [3.8, 4) is 0 Å². The highest BCUT2D eigenvalue weighted by molar-refractivity contribution is 5.34. The fourth-order valence-corrected chi connectivity index (χ4v) is 2.49. The largest absolute Gasteiger partial charge is 0.388 e. The minimum absolute atomic E-state index is 0.155. The maximum atomic E-state index is 11.9. The first-order valence-corrected chi connectivity index (χ1v) is 6.82. The van der Waals surface area contributed by atoms with Crippen LogP contribution in [0, 0.1) is 0 Å². The molecule has 1 N–H and O–H groups in total. The molecular weight excluding hydrogens is 250 g/mol. The molecule has 2 nitrogen and oxygen atoms in total. The van der Waals surface area contributed by atoms with Gasteiger partial charge in [-0.25, -0.2) is 8.78 Å². The molecule has 0 aliphatic heterocycles. The monoisotopic (exact) mass is 270 g/mol. The zero-order chi connectivity index (χ0) is 13.7. The molecule has 1 aliphatic rings. The third-order valence-corrected chi connectivity index (χ3v) is 3.54. The van der Waals surface area contributed by atoms with E-state index in [1.165, 1.54) is 24.0 Å². The first kappa shape index (κ1) is 14.4. The maximum Gasteiger partial charge on any atom is 0.261 e. The third kappa shape index (κ3) is 4.25. The molecule has 106 valence electrons. The smallest absolute Gasteiger partial charge is 0.261 e. The number of rotatable bonds is 6. The maximum absolute atomic E-state index is 11.9. The molecule has 0 radical (unpaired) electrons. The van der Waals surface area contributed by atoms with Crippen LogP contribution < -0.4 is 0 Å². The van der Waals surface area contributed by atoms with E-state index in [9.17, 15) is 13.9 Å². The number of aliphatic hydroxyl groups excluding tert-OH is 1. The predicted molar refractivity (Wildman–Crippen MR) is 69.5 cm³/mol. The summed E-state index contributed by atoms with van der Waals surface area (Å²) in [7, 11) is 0. The van der Waals surface area contributed by atoms with Crippen LogP contribution in [0.5, 0.6) is 0 Å². The van der Waals surface area contributed by atoms with Gasteiger partial charge in [-0.1, -0.05) is 18.2 Å². The Morgan fingerprint density at radius 1 is 1.16 bits per heavy atom. The van der Waals surface area contributed by atoms with E-state index in [2.05, 4.69) is 6.07 Å². The molecule has 1 aliphatic carbocycles. The molecule has 0 saturated heterocycles. The Kier molecular flexibility index (Phi) is 5.28. The SMILES string of the molecule is OC(CCOCC(F)F)c1ccc2c(c1)CCCC2. The van der Waals surface area contributed by atoms with Crippen molar-refractivity contribution in [1.82, 2.24) is 0 Å². The summed E-state index contributed by atoms with van der Waals surface area (Å²) in [5.41, 5.74) is 3.55. The van der Waals surface area contributed by atoms with Gasteiger partial charge in [-0.05, 0) is 42.4 Å². The lowest BCUT2D eigenvalue weighted by Gasteiger charge is -2.18. The van der Waals surface area contributed by atoms with Gasteiger partial charge in [-0.15, -0.1) is 0 Å². The van der Waals surface area contributed by atoms with Crippen molar-refractivity contribution in [3.63, 3.8) is 0 Å². The Balaban J connectivity index is 1.86. The molecule has 4 heteroatoms. The Labute approximate surface area is 112 Å². The van der Waals surface area contributed by atoms with Gasteiger partial charge < -0.3 is 9.84 Å². The van der Waals surface area contributed by atoms with E-state index in [4.69, 9.17) is 4.74 Å². The number of hydrogen-bond donors (Lipinski definition) is 1. The molecule has 0 fully saturated rings. The van der Waals surface area contributed by atoms with Gasteiger partial charge >= 0.3 is 0 Å². The molecule has 0 amide bonds. The Bertz CT molecular complexity index is 407. The molecule has 1 atom stereocenters. The normalized spacial score (nSPS) is 16.4. The third-order valence-electron chi connectivity index (χ3n) is 3.54. The topological polar surface area (TPSA) is 29.5 Å². The second-order valence-electron chi connectivity index (χ2n) is 5.01. The van der Waals surface area contributed by atoms with E-state index in [1.54, 1.807) is 0 Å². The molecule has 0 saturated carbocycles. The van der Waals surface area contributed by atoms with Crippen molar-refractivity contribution in [2.24, 2.45) is 0 Å². The van der Waals surface area contributed by atoms with E-state index in [-0.39, 0.29) is 6.61 Å². The zero-order valence-electron chi connectivity index (χ0n) is 10.9. The van der Waals surface area contributed by atoms with E-state index < -0.39 is 19.1 Å². The van der Waals surface area contributed by atoms with Crippen molar-refractivity contribution in [2.45, 2.75) is 44.6 Å². The summed E-state index contributed by atoms with van der Waals surface area (Å²) in [5, 5.41) is 10.0. The molecule has 1 unspecified atom stereocenters. The van der Waals surface area contributed by atoms with Gasteiger partial charge in [0.05, 0.1) is 6.10 Å². The lowest BCUT2D eigenvalue weighted by molar-refractivity contribution is 0.00480. The van der Waals surface area contributed by atoms with Gasteiger partial charge in [0.15, 0.2) is 0 Å². The molecule has 0 aromatic heterocycles. The molecule has 2 rings (SSSR count). The lowest BCUT2D eigenvalue weighted by atomic mass is 9.89. The van der Waals surface area contributed by atoms with E-state index in [0.29, 0.717) is 6.42 Å². The van der Waals surface area contributed by atoms with Crippen molar-refractivity contribution >= 4 is 0 Å². The van der Waals surface area contributed by atoms with Gasteiger partial charge in [0.25, 0.3) is 6.43 Å². The van der Waals surface area contributed by atoms with Crippen molar-refractivity contribution in [3.05, 3.63) is 34.9 Å². The van der Waals surface area contributed by atoms with Gasteiger partial charge in [-0.3, -0.25) is 0 Å². The van der Waals surface area contributed by atoms with Crippen LogP contribution in [0.2, 0.25) is 0 Å². The number of aryl methyl sites for hydroxylation is 2. The zero-order valence-corrected chi connectivity index (χ0v) is 10.9. The molecule has 1 aromatic rings. The molecule has 0 heterocycles. The molecule has 0 spiro atoms. The predicted octanol–water partition coefficient (Wildman–Crippen LogP) is 3.27. The van der Waals surface area contributed by atoms with E-state index in [0.717, 1.165) is 18.4 Å².